The highest BCUT2D eigenvalue weighted by atomic mass is 16.5. The van der Waals surface area contributed by atoms with Crippen LogP contribution in [0.2, 0.25) is 0 Å². The molecule has 6 rings (SSSR count). The number of anilines is 1. The van der Waals surface area contributed by atoms with Gasteiger partial charge in [0.2, 0.25) is 0 Å². The Bertz CT molecular complexity index is 1670. The highest BCUT2D eigenvalue weighted by molar-refractivity contribution is 5.84. The third-order valence-electron chi connectivity index (χ3n) is 7.80. The molecule has 42 heavy (non-hydrogen) atoms. The van der Waals surface area contributed by atoms with Crippen LogP contribution in [0.1, 0.15) is 36.3 Å². The van der Waals surface area contributed by atoms with E-state index in [2.05, 4.69) is 54.6 Å². The van der Waals surface area contributed by atoms with E-state index in [4.69, 9.17) is 15.0 Å². The minimum atomic E-state index is -1.07. The summed E-state index contributed by atoms with van der Waals surface area (Å²) in [5.74, 6) is 1.24. The second kappa shape index (κ2) is 11.5. The highest BCUT2D eigenvalue weighted by Gasteiger charge is 2.44. The Morgan fingerprint density at radius 2 is 1.62 bits per heavy atom. The van der Waals surface area contributed by atoms with Crippen LogP contribution in [0, 0.1) is 0 Å². The Morgan fingerprint density at radius 3 is 2.21 bits per heavy atom. The maximum absolute atomic E-state index is 11.0. The quantitative estimate of drug-likeness (QED) is 0.103. The zero-order valence-corrected chi connectivity index (χ0v) is 23.1. The van der Waals surface area contributed by atoms with Crippen molar-refractivity contribution in [3.05, 3.63) is 125 Å². The molecule has 0 spiro atoms. The van der Waals surface area contributed by atoms with E-state index in [-0.39, 0.29) is 0 Å². The third-order valence-corrected chi connectivity index (χ3v) is 7.80. The standard InChI is InChI=1S/C31H30N8O3/c1-3-24-25(37-38-32)27(40)30(42-24)39-19-35-26-28(33-18-34-29(26)39)36-31(20-10-6-4-7-11-20,21-12-8-5-9-13-21)22-14-16-23(41-2)17-15-22/h4-19,24-25,27,30,40H,3H2,1-2H3,(H,33,34,36)/t24-,25-,27-,30-/m1/s1. The van der Waals surface area contributed by atoms with Crippen molar-refractivity contribution in [3.8, 4) is 5.75 Å². The van der Waals surface area contributed by atoms with Gasteiger partial charge in [-0.3, -0.25) is 4.57 Å². The number of benzene rings is 3. The number of azide groups is 1. The van der Waals surface area contributed by atoms with E-state index in [9.17, 15) is 5.11 Å². The summed E-state index contributed by atoms with van der Waals surface area (Å²) in [5, 5.41) is 18.6. The van der Waals surface area contributed by atoms with E-state index in [0.29, 0.717) is 23.4 Å². The predicted molar refractivity (Wildman–Crippen MR) is 158 cm³/mol. The number of rotatable bonds is 9. The SMILES string of the molecule is CC[C@H]1O[C@@H](n2cnc3c(NC(c4ccccc4)(c4ccccc4)c4ccc(OC)cc4)ncnc32)[C@H](O)[C@@H]1N=[N+]=[N-]. The van der Waals surface area contributed by atoms with Crippen LogP contribution in [-0.2, 0) is 10.3 Å². The third kappa shape index (κ3) is 4.59. The van der Waals surface area contributed by atoms with Crippen molar-refractivity contribution >= 4 is 17.0 Å². The normalized spacial score (nSPS) is 20.3. The van der Waals surface area contributed by atoms with Crippen molar-refractivity contribution in [2.45, 2.75) is 43.4 Å². The van der Waals surface area contributed by atoms with E-state index < -0.39 is 30.0 Å². The lowest BCUT2D eigenvalue weighted by Crippen LogP contribution is -2.38. The van der Waals surface area contributed by atoms with Crippen molar-refractivity contribution in [1.29, 1.82) is 0 Å². The maximum atomic E-state index is 11.0. The fourth-order valence-electron chi connectivity index (χ4n) is 5.74. The summed E-state index contributed by atoms with van der Waals surface area (Å²) in [6, 6.07) is 27.5. The summed E-state index contributed by atoms with van der Waals surface area (Å²) in [7, 11) is 1.64. The molecule has 0 unspecified atom stereocenters. The fraction of sp³-hybridized carbons (Fsp3) is 0.258. The van der Waals surface area contributed by atoms with Gasteiger partial charge in [0.25, 0.3) is 0 Å². The first-order valence-electron chi connectivity index (χ1n) is 13.7. The van der Waals surface area contributed by atoms with Gasteiger partial charge in [-0.2, -0.15) is 0 Å². The Hall–Kier alpha value is -4.96. The van der Waals surface area contributed by atoms with Gasteiger partial charge in [0.15, 0.2) is 23.2 Å². The molecule has 11 heteroatoms. The molecule has 2 N–H and O–H groups in total. The second-order valence-electron chi connectivity index (χ2n) is 10.0. The van der Waals surface area contributed by atoms with Crippen LogP contribution < -0.4 is 10.1 Å². The van der Waals surface area contributed by atoms with Crippen LogP contribution in [0.4, 0.5) is 5.82 Å². The zero-order valence-electron chi connectivity index (χ0n) is 23.1. The molecule has 2 aromatic heterocycles. The Labute approximate surface area is 242 Å². The van der Waals surface area contributed by atoms with Crippen LogP contribution in [0.15, 0.2) is 103 Å². The number of aromatic nitrogens is 4. The fourth-order valence-corrected chi connectivity index (χ4v) is 5.74. The highest BCUT2D eigenvalue weighted by Crippen LogP contribution is 2.42. The smallest absolute Gasteiger partial charge is 0.167 e. The van der Waals surface area contributed by atoms with E-state index in [0.717, 1.165) is 22.4 Å². The lowest BCUT2D eigenvalue weighted by Gasteiger charge is -2.37. The molecule has 0 saturated carbocycles. The van der Waals surface area contributed by atoms with Gasteiger partial charge in [0.05, 0.1) is 25.6 Å². The van der Waals surface area contributed by atoms with Crippen molar-refractivity contribution in [1.82, 2.24) is 19.5 Å². The number of nitrogens with one attached hydrogen (secondary N) is 1. The lowest BCUT2D eigenvalue weighted by atomic mass is 9.77. The molecule has 1 fully saturated rings. The molecular formula is C31H30N8O3. The van der Waals surface area contributed by atoms with E-state index in [1.54, 1.807) is 18.0 Å². The molecule has 3 aromatic carbocycles. The number of hydrogen-bond donors (Lipinski definition) is 2. The first kappa shape index (κ1) is 27.2. The molecule has 11 nitrogen and oxygen atoms in total. The summed E-state index contributed by atoms with van der Waals surface area (Å²) < 4.78 is 13.3. The second-order valence-corrected chi connectivity index (χ2v) is 10.0. The minimum absolute atomic E-state index is 0.434. The first-order chi connectivity index (χ1) is 20.6. The average Bonchev–Trinajstić information content (AvgIpc) is 3.62. The molecular weight excluding hydrogens is 532 g/mol. The number of ether oxygens (including phenoxy) is 2. The van der Waals surface area contributed by atoms with Gasteiger partial charge in [0.1, 0.15) is 23.7 Å². The van der Waals surface area contributed by atoms with Gasteiger partial charge < -0.3 is 19.9 Å². The Balaban J connectivity index is 1.51. The zero-order chi connectivity index (χ0) is 29.1. The number of aliphatic hydroxyl groups is 1. The number of hydrogen-bond acceptors (Lipinski definition) is 8. The van der Waals surface area contributed by atoms with Gasteiger partial charge >= 0.3 is 0 Å². The van der Waals surface area contributed by atoms with Gasteiger partial charge in [-0.15, -0.1) is 0 Å². The Morgan fingerprint density at radius 1 is 0.976 bits per heavy atom. The molecule has 0 amide bonds. The van der Waals surface area contributed by atoms with Crippen molar-refractivity contribution < 1.29 is 14.6 Å². The molecule has 1 saturated heterocycles. The topological polar surface area (TPSA) is 143 Å². The molecule has 0 aliphatic carbocycles. The van der Waals surface area contributed by atoms with Crippen LogP contribution in [-0.4, -0.2) is 50.0 Å². The molecule has 4 atom stereocenters. The van der Waals surface area contributed by atoms with Gasteiger partial charge in [-0.05, 0) is 40.8 Å². The molecule has 3 heterocycles. The minimum Gasteiger partial charge on any atom is -0.497 e. The monoisotopic (exact) mass is 562 g/mol. The van der Waals surface area contributed by atoms with Crippen LogP contribution in [0.3, 0.4) is 0 Å². The summed E-state index contributed by atoms with van der Waals surface area (Å²) in [6.07, 6.45) is 1.28. The number of aliphatic hydroxyl groups excluding tert-OH is 1. The van der Waals surface area contributed by atoms with Crippen molar-refractivity contribution in [2.75, 3.05) is 12.4 Å². The van der Waals surface area contributed by atoms with Gasteiger partial charge in [-0.1, -0.05) is 84.8 Å². The van der Waals surface area contributed by atoms with Crippen LogP contribution in [0.5, 0.6) is 5.75 Å². The first-order valence-corrected chi connectivity index (χ1v) is 13.7. The number of fused-ring (bicyclic) bond motifs is 1. The van der Waals surface area contributed by atoms with Crippen LogP contribution >= 0.6 is 0 Å². The van der Waals surface area contributed by atoms with Gasteiger partial charge in [0, 0.05) is 4.91 Å². The summed E-state index contributed by atoms with van der Waals surface area (Å²) in [6.45, 7) is 1.92. The molecule has 1 aliphatic rings. The van der Waals surface area contributed by atoms with Gasteiger partial charge in [-0.25, -0.2) is 15.0 Å². The number of nitrogens with zero attached hydrogens (tertiary/aromatic N) is 7. The molecule has 0 bridgehead atoms. The summed E-state index contributed by atoms with van der Waals surface area (Å²) in [4.78, 5) is 16.7. The van der Waals surface area contributed by atoms with E-state index >= 15 is 0 Å². The number of methoxy groups -OCH3 is 1. The molecule has 0 radical (unpaired) electrons. The predicted octanol–water partition coefficient (Wildman–Crippen LogP) is 5.59. The molecule has 1 aliphatic heterocycles. The summed E-state index contributed by atoms with van der Waals surface area (Å²) in [5.41, 5.74) is 12.1. The van der Waals surface area contributed by atoms with E-state index in [1.165, 1.54) is 6.33 Å². The lowest BCUT2D eigenvalue weighted by molar-refractivity contribution is -0.0355. The van der Waals surface area contributed by atoms with E-state index in [1.807, 2.05) is 67.6 Å². The largest absolute Gasteiger partial charge is 0.497 e. The molecule has 212 valence electrons. The maximum Gasteiger partial charge on any atom is 0.167 e. The summed E-state index contributed by atoms with van der Waals surface area (Å²) >= 11 is 0. The molecule has 5 aromatic rings. The van der Waals surface area contributed by atoms with Crippen molar-refractivity contribution in [3.63, 3.8) is 0 Å². The van der Waals surface area contributed by atoms with Crippen LogP contribution in [0.25, 0.3) is 21.6 Å². The Kier molecular flexibility index (Phi) is 7.45. The van der Waals surface area contributed by atoms with Crippen molar-refractivity contribution in [2.24, 2.45) is 5.11 Å². The average molecular weight is 563 g/mol. The number of imidazole rings is 1.